The number of aliphatic hydroxyl groups excluding tert-OH is 1. The Labute approximate surface area is 190 Å². The summed E-state index contributed by atoms with van der Waals surface area (Å²) in [6, 6.07) is 7.40. The Kier molecular flexibility index (Phi) is 6.78. The van der Waals surface area contributed by atoms with E-state index in [1.165, 1.54) is 35.5 Å². The summed E-state index contributed by atoms with van der Waals surface area (Å²) in [5.41, 5.74) is 0.0722. The molecule has 2 N–H and O–H groups in total. The molecule has 2 saturated heterocycles. The number of ketones is 1. The molecule has 2 aromatic rings. The van der Waals surface area contributed by atoms with Crippen LogP contribution < -0.4 is 4.74 Å². The number of phenolic OH excluding ortho intramolecular Hbond substituents is 1. The summed E-state index contributed by atoms with van der Waals surface area (Å²) < 4.78 is 10.5. The lowest BCUT2D eigenvalue weighted by atomic mass is 9.99. The van der Waals surface area contributed by atoms with Gasteiger partial charge in [-0.25, -0.2) is 0 Å². The Hall–Kier alpha value is -2.88. The maximum atomic E-state index is 13.0. The van der Waals surface area contributed by atoms with Gasteiger partial charge in [-0.15, -0.1) is 11.3 Å². The fourth-order valence-electron chi connectivity index (χ4n) is 4.13. The molecule has 0 saturated carbocycles. The summed E-state index contributed by atoms with van der Waals surface area (Å²) in [6.07, 6.45) is 0.697. The summed E-state index contributed by atoms with van der Waals surface area (Å²) in [5.74, 6) is -1.59. The zero-order valence-corrected chi connectivity index (χ0v) is 18.6. The van der Waals surface area contributed by atoms with Crippen molar-refractivity contribution in [3.63, 3.8) is 0 Å². The second-order valence-electron chi connectivity index (χ2n) is 7.70. The van der Waals surface area contributed by atoms with Crippen LogP contribution in [0.5, 0.6) is 11.5 Å². The number of morpholine rings is 1. The van der Waals surface area contributed by atoms with Crippen molar-refractivity contribution in [2.75, 3.05) is 46.5 Å². The molecule has 9 heteroatoms. The van der Waals surface area contributed by atoms with Gasteiger partial charge in [0.1, 0.15) is 17.3 Å². The number of hydrogen-bond donors (Lipinski definition) is 2. The molecule has 2 aliphatic rings. The number of thiophene rings is 1. The van der Waals surface area contributed by atoms with Gasteiger partial charge in [-0.3, -0.25) is 14.5 Å². The van der Waals surface area contributed by atoms with Crippen molar-refractivity contribution in [3.05, 3.63) is 51.7 Å². The fourth-order valence-corrected chi connectivity index (χ4v) is 4.97. The standard InChI is InChI=1S/C23H26N2O6S/c1-30-15-5-6-16(17(26)14-15)21(27)19-20(18-4-2-13-32-18)25(23(29)22(19)28)8-3-7-24-9-11-31-12-10-24/h2,4-6,13-14,20,26-27H,3,7-12H2,1H3/t20-/m0/s1. The molecular weight excluding hydrogens is 432 g/mol. The first kappa shape index (κ1) is 22.3. The van der Waals surface area contributed by atoms with Gasteiger partial charge < -0.3 is 24.6 Å². The van der Waals surface area contributed by atoms with Gasteiger partial charge in [-0.1, -0.05) is 6.07 Å². The number of carbonyl (C=O) groups excluding carboxylic acids is 2. The first-order chi connectivity index (χ1) is 15.5. The number of aliphatic hydroxyl groups is 1. The van der Waals surface area contributed by atoms with E-state index in [0.29, 0.717) is 31.9 Å². The van der Waals surface area contributed by atoms with Gasteiger partial charge in [-0.2, -0.15) is 0 Å². The number of carbonyl (C=O) groups is 2. The highest BCUT2D eigenvalue weighted by atomic mass is 32.1. The van der Waals surface area contributed by atoms with E-state index < -0.39 is 23.5 Å². The molecule has 0 unspecified atom stereocenters. The number of methoxy groups -OCH3 is 1. The van der Waals surface area contributed by atoms with Crippen molar-refractivity contribution in [3.8, 4) is 11.5 Å². The predicted octanol–water partition coefficient (Wildman–Crippen LogP) is 2.61. The van der Waals surface area contributed by atoms with Crippen molar-refractivity contribution in [2.45, 2.75) is 12.5 Å². The van der Waals surface area contributed by atoms with Crippen LogP contribution in [-0.2, 0) is 14.3 Å². The number of ether oxygens (including phenoxy) is 2. The molecule has 0 spiro atoms. The van der Waals surface area contributed by atoms with Crippen LogP contribution in [0.25, 0.3) is 5.76 Å². The number of likely N-dealkylation sites (tertiary alicyclic amines) is 1. The lowest BCUT2D eigenvalue weighted by Crippen LogP contribution is -2.38. The van der Waals surface area contributed by atoms with E-state index in [-0.39, 0.29) is 16.9 Å². The highest BCUT2D eigenvalue weighted by Crippen LogP contribution is 2.42. The van der Waals surface area contributed by atoms with Crippen LogP contribution in [0, 0.1) is 0 Å². The van der Waals surface area contributed by atoms with Crippen molar-refractivity contribution < 1.29 is 29.3 Å². The third-order valence-corrected chi connectivity index (χ3v) is 6.71. The van der Waals surface area contributed by atoms with Crippen LogP contribution in [-0.4, -0.2) is 78.2 Å². The summed E-state index contributed by atoms with van der Waals surface area (Å²) in [5, 5.41) is 23.3. The highest BCUT2D eigenvalue weighted by Gasteiger charge is 2.46. The Morgan fingerprint density at radius 2 is 2.00 bits per heavy atom. The van der Waals surface area contributed by atoms with Crippen LogP contribution in [0.3, 0.4) is 0 Å². The monoisotopic (exact) mass is 458 g/mol. The first-order valence-corrected chi connectivity index (χ1v) is 11.4. The van der Waals surface area contributed by atoms with E-state index in [4.69, 9.17) is 9.47 Å². The van der Waals surface area contributed by atoms with Crippen LogP contribution >= 0.6 is 11.3 Å². The van der Waals surface area contributed by atoms with E-state index in [0.717, 1.165) is 24.5 Å². The molecule has 1 aromatic carbocycles. The van der Waals surface area contributed by atoms with Gasteiger partial charge in [0, 0.05) is 37.1 Å². The summed E-state index contributed by atoms with van der Waals surface area (Å²) in [4.78, 5) is 30.5. The topological polar surface area (TPSA) is 99.5 Å². The second kappa shape index (κ2) is 9.72. The van der Waals surface area contributed by atoms with Crippen molar-refractivity contribution in [2.24, 2.45) is 0 Å². The zero-order chi connectivity index (χ0) is 22.7. The average Bonchev–Trinajstić information content (AvgIpc) is 3.42. The van der Waals surface area contributed by atoms with Crippen LogP contribution in [0.2, 0.25) is 0 Å². The van der Waals surface area contributed by atoms with Gasteiger partial charge in [0.15, 0.2) is 0 Å². The Bertz CT molecular complexity index is 1010. The summed E-state index contributed by atoms with van der Waals surface area (Å²) >= 11 is 1.42. The zero-order valence-electron chi connectivity index (χ0n) is 17.8. The molecule has 8 nitrogen and oxygen atoms in total. The van der Waals surface area contributed by atoms with Crippen LogP contribution in [0.15, 0.2) is 41.3 Å². The molecule has 2 aliphatic heterocycles. The second-order valence-corrected chi connectivity index (χ2v) is 8.68. The minimum atomic E-state index is -0.748. The van der Waals surface area contributed by atoms with Crippen LogP contribution in [0.4, 0.5) is 0 Å². The van der Waals surface area contributed by atoms with E-state index in [1.807, 2.05) is 17.5 Å². The Balaban J connectivity index is 1.64. The van der Waals surface area contributed by atoms with Gasteiger partial charge in [0.25, 0.3) is 11.7 Å². The van der Waals surface area contributed by atoms with E-state index in [9.17, 15) is 19.8 Å². The third kappa shape index (κ3) is 4.36. The molecule has 170 valence electrons. The molecular formula is C23H26N2O6S. The highest BCUT2D eigenvalue weighted by molar-refractivity contribution is 7.10. The van der Waals surface area contributed by atoms with Gasteiger partial charge in [0.2, 0.25) is 0 Å². The quantitative estimate of drug-likeness (QED) is 0.374. The predicted molar refractivity (Wildman–Crippen MR) is 120 cm³/mol. The van der Waals surface area contributed by atoms with Crippen molar-refractivity contribution >= 4 is 28.8 Å². The molecule has 0 bridgehead atoms. The summed E-state index contributed by atoms with van der Waals surface area (Å²) in [7, 11) is 1.47. The number of aromatic hydroxyl groups is 1. The molecule has 2 fully saturated rings. The molecule has 4 rings (SSSR count). The minimum absolute atomic E-state index is 0.00992. The van der Waals surface area contributed by atoms with Crippen molar-refractivity contribution in [1.82, 2.24) is 9.80 Å². The van der Waals surface area contributed by atoms with Crippen molar-refractivity contribution in [1.29, 1.82) is 0 Å². The van der Waals surface area contributed by atoms with Gasteiger partial charge in [-0.05, 0) is 30.0 Å². The molecule has 1 atom stereocenters. The molecule has 1 amide bonds. The fraction of sp³-hybridized carbons (Fsp3) is 0.391. The SMILES string of the molecule is COc1ccc(C(O)=C2C(=O)C(=O)N(CCCN3CCOCC3)[C@H]2c2cccs2)c(O)c1. The number of benzene rings is 1. The Morgan fingerprint density at radius 1 is 1.22 bits per heavy atom. The lowest BCUT2D eigenvalue weighted by molar-refractivity contribution is -0.140. The molecule has 0 aliphatic carbocycles. The maximum Gasteiger partial charge on any atom is 0.295 e. The smallest absolute Gasteiger partial charge is 0.295 e. The molecule has 1 aromatic heterocycles. The van der Waals surface area contributed by atoms with E-state index >= 15 is 0 Å². The Morgan fingerprint density at radius 3 is 2.66 bits per heavy atom. The van der Waals surface area contributed by atoms with Gasteiger partial charge in [0.05, 0.1) is 37.5 Å². The first-order valence-electron chi connectivity index (χ1n) is 10.5. The number of phenols is 1. The van der Waals surface area contributed by atoms with E-state index in [2.05, 4.69) is 4.90 Å². The maximum absolute atomic E-state index is 13.0. The minimum Gasteiger partial charge on any atom is -0.507 e. The normalized spacial score (nSPS) is 21.3. The number of hydrogen-bond acceptors (Lipinski definition) is 8. The van der Waals surface area contributed by atoms with Crippen LogP contribution in [0.1, 0.15) is 22.9 Å². The largest absolute Gasteiger partial charge is 0.507 e. The van der Waals surface area contributed by atoms with E-state index in [1.54, 1.807) is 6.07 Å². The lowest BCUT2D eigenvalue weighted by Gasteiger charge is -2.28. The number of rotatable bonds is 7. The summed E-state index contributed by atoms with van der Waals surface area (Å²) in [6.45, 7) is 4.28. The number of amides is 1. The molecule has 3 heterocycles. The van der Waals surface area contributed by atoms with Gasteiger partial charge >= 0.3 is 0 Å². The molecule has 32 heavy (non-hydrogen) atoms. The third-order valence-electron chi connectivity index (χ3n) is 5.79. The number of nitrogens with zero attached hydrogens (tertiary/aromatic N) is 2. The average molecular weight is 459 g/mol. The number of Topliss-reactive ketones (excluding diaryl/α,β-unsaturated/α-hetero) is 1. The molecule has 0 radical (unpaired) electrons.